The van der Waals surface area contributed by atoms with Crippen molar-refractivity contribution in [3.05, 3.63) is 0 Å². The van der Waals surface area contributed by atoms with Gasteiger partial charge in [-0.2, -0.15) is 0 Å². The van der Waals surface area contributed by atoms with Crippen molar-refractivity contribution in [3.8, 4) is 0 Å². The molecule has 63 valence electrons. The van der Waals surface area contributed by atoms with Crippen molar-refractivity contribution < 1.29 is 15.3 Å². The molecule has 0 aromatic carbocycles. The molecule has 0 spiro atoms. The predicted octanol–water partition coefficient (Wildman–Crippen LogP) is -2.12. The molecular weight excluding hydrogens is 173 g/mol. The van der Waals surface area contributed by atoms with Crippen LogP contribution in [-0.4, -0.2) is 111 Å². The molecule has 0 atom stereocenters. The predicted molar refractivity (Wildman–Crippen MR) is 43.5 cm³/mol. The first-order valence-electron chi connectivity index (χ1n) is 3.40. The summed E-state index contributed by atoms with van der Waals surface area (Å²) in [7, 11) is 0. The molecular formula is C6H15KNO3. The van der Waals surface area contributed by atoms with Crippen LogP contribution in [0, 0.1) is 0 Å². The van der Waals surface area contributed by atoms with E-state index in [1.165, 1.54) is 0 Å². The van der Waals surface area contributed by atoms with Crippen LogP contribution in [0.4, 0.5) is 0 Å². The van der Waals surface area contributed by atoms with E-state index in [1.807, 2.05) is 0 Å². The maximum atomic E-state index is 8.48. The molecule has 0 amide bonds. The Bertz CT molecular complexity index is 60.6. The van der Waals surface area contributed by atoms with Gasteiger partial charge in [-0.25, -0.2) is 0 Å². The van der Waals surface area contributed by atoms with Crippen molar-refractivity contribution in [2.45, 2.75) is 0 Å². The van der Waals surface area contributed by atoms with Gasteiger partial charge < -0.3 is 15.3 Å². The maximum absolute atomic E-state index is 8.48. The van der Waals surface area contributed by atoms with E-state index in [9.17, 15) is 0 Å². The summed E-state index contributed by atoms with van der Waals surface area (Å²) >= 11 is 0. The van der Waals surface area contributed by atoms with Gasteiger partial charge in [0.15, 0.2) is 0 Å². The van der Waals surface area contributed by atoms with Crippen LogP contribution < -0.4 is 0 Å². The SMILES string of the molecule is OCCN(CCO)CCO.[K]. The van der Waals surface area contributed by atoms with E-state index in [4.69, 9.17) is 15.3 Å². The molecule has 0 bridgehead atoms. The summed E-state index contributed by atoms with van der Waals surface area (Å²) in [6.07, 6.45) is 0. The third-order valence-electron chi connectivity index (χ3n) is 1.25. The third kappa shape index (κ3) is 9.39. The molecule has 5 heteroatoms. The Hall–Kier alpha value is 1.48. The second-order valence-electron chi connectivity index (χ2n) is 2.01. The van der Waals surface area contributed by atoms with Crippen molar-refractivity contribution >= 4 is 51.4 Å². The number of nitrogens with zero attached hydrogens (tertiary/aromatic N) is 1. The molecule has 0 aliphatic heterocycles. The first-order valence-corrected chi connectivity index (χ1v) is 3.40. The fraction of sp³-hybridized carbons (Fsp3) is 1.00. The molecule has 0 fully saturated rings. The normalized spacial score (nSPS) is 9.82. The molecule has 0 unspecified atom stereocenters. The van der Waals surface area contributed by atoms with Gasteiger partial charge in [0.2, 0.25) is 0 Å². The fourth-order valence-electron chi connectivity index (χ4n) is 0.760. The number of aliphatic hydroxyl groups is 3. The van der Waals surface area contributed by atoms with Gasteiger partial charge in [-0.1, -0.05) is 0 Å². The molecule has 0 aromatic heterocycles. The van der Waals surface area contributed by atoms with Crippen LogP contribution in [0.25, 0.3) is 0 Å². The van der Waals surface area contributed by atoms with Gasteiger partial charge in [-0.3, -0.25) is 4.90 Å². The van der Waals surface area contributed by atoms with Gasteiger partial charge in [0, 0.05) is 71.0 Å². The van der Waals surface area contributed by atoms with Gasteiger partial charge >= 0.3 is 0 Å². The summed E-state index contributed by atoms with van der Waals surface area (Å²) in [6.45, 7) is 1.75. The summed E-state index contributed by atoms with van der Waals surface area (Å²) in [5, 5.41) is 25.5. The quantitative estimate of drug-likeness (QED) is 0.417. The first-order chi connectivity index (χ1) is 4.85. The molecule has 0 rings (SSSR count). The molecule has 11 heavy (non-hydrogen) atoms. The van der Waals surface area contributed by atoms with Gasteiger partial charge in [0.25, 0.3) is 0 Å². The van der Waals surface area contributed by atoms with Crippen molar-refractivity contribution in [2.75, 3.05) is 39.5 Å². The molecule has 3 N–H and O–H groups in total. The van der Waals surface area contributed by atoms with Gasteiger partial charge in [0.1, 0.15) is 0 Å². The molecule has 0 heterocycles. The van der Waals surface area contributed by atoms with Gasteiger partial charge in [-0.15, -0.1) is 0 Å². The Labute approximate surface area is 110 Å². The van der Waals surface area contributed by atoms with Crippen LogP contribution in [0.5, 0.6) is 0 Å². The van der Waals surface area contributed by atoms with Crippen LogP contribution in [0.2, 0.25) is 0 Å². The minimum Gasteiger partial charge on any atom is -0.395 e. The Kier molecular flexibility index (Phi) is 15.6. The summed E-state index contributed by atoms with van der Waals surface area (Å²) in [5.41, 5.74) is 0. The minimum atomic E-state index is 0. The Morgan fingerprint density at radius 2 is 1.00 bits per heavy atom. The minimum absolute atomic E-state index is 0. The summed E-state index contributed by atoms with van der Waals surface area (Å²) in [5.74, 6) is 0. The van der Waals surface area contributed by atoms with E-state index >= 15 is 0 Å². The number of rotatable bonds is 6. The smallest absolute Gasteiger partial charge is 0.0558 e. The molecule has 0 aliphatic carbocycles. The number of hydrogen-bond acceptors (Lipinski definition) is 4. The molecule has 0 aliphatic rings. The van der Waals surface area contributed by atoms with Crippen LogP contribution >= 0.6 is 0 Å². The molecule has 4 nitrogen and oxygen atoms in total. The van der Waals surface area contributed by atoms with Crippen LogP contribution in [-0.2, 0) is 0 Å². The number of aliphatic hydroxyl groups excluding tert-OH is 3. The van der Waals surface area contributed by atoms with Crippen molar-refractivity contribution in [1.29, 1.82) is 0 Å². The first kappa shape index (κ1) is 15.0. The fourth-order valence-corrected chi connectivity index (χ4v) is 0.760. The zero-order valence-electron chi connectivity index (χ0n) is 7.03. The monoisotopic (exact) mass is 188 g/mol. The molecule has 1 radical (unpaired) electrons. The Morgan fingerprint density at radius 3 is 1.18 bits per heavy atom. The van der Waals surface area contributed by atoms with Gasteiger partial charge in [-0.05, 0) is 0 Å². The van der Waals surface area contributed by atoms with E-state index in [0.29, 0.717) is 19.6 Å². The average molecular weight is 188 g/mol. The van der Waals surface area contributed by atoms with E-state index in [1.54, 1.807) is 4.90 Å². The standard InChI is InChI=1S/C6H15NO3.K/c8-4-1-7(2-5-9)3-6-10;/h8-10H,1-6H2;. The zero-order chi connectivity index (χ0) is 7.82. The zero-order valence-corrected chi connectivity index (χ0v) is 10.2. The van der Waals surface area contributed by atoms with Crippen LogP contribution in [0.3, 0.4) is 0 Å². The van der Waals surface area contributed by atoms with Crippen molar-refractivity contribution in [2.24, 2.45) is 0 Å². The maximum Gasteiger partial charge on any atom is 0.0558 e. The van der Waals surface area contributed by atoms with E-state index in [2.05, 4.69) is 0 Å². The van der Waals surface area contributed by atoms with Crippen molar-refractivity contribution in [1.82, 2.24) is 4.90 Å². The Balaban J connectivity index is 0. The van der Waals surface area contributed by atoms with Gasteiger partial charge in [0.05, 0.1) is 19.8 Å². The third-order valence-corrected chi connectivity index (χ3v) is 1.25. The second-order valence-corrected chi connectivity index (χ2v) is 2.01. The van der Waals surface area contributed by atoms with E-state index < -0.39 is 0 Å². The Morgan fingerprint density at radius 1 is 0.727 bits per heavy atom. The summed E-state index contributed by atoms with van der Waals surface area (Å²) < 4.78 is 0. The molecule has 0 saturated heterocycles. The largest absolute Gasteiger partial charge is 0.395 e. The van der Waals surface area contributed by atoms with Crippen LogP contribution in [0.15, 0.2) is 0 Å². The number of hydrogen-bond donors (Lipinski definition) is 3. The second kappa shape index (κ2) is 11.5. The van der Waals surface area contributed by atoms with E-state index in [0.717, 1.165) is 0 Å². The average Bonchev–Trinajstić information content (AvgIpc) is 1.90. The van der Waals surface area contributed by atoms with E-state index in [-0.39, 0.29) is 71.2 Å². The molecule has 0 saturated carbocycles. The van der Waals surface area contributed by atoms with Crippen molar-refractivity contribution in [3.63, 3.8) is 0 Å². The summed E-state index contributed by atoms with van der Waals surface area (Å²) in [4.78, 5) is 1.79. The van der Waals surface area contributed by atoms with Crippen LogP contribution in [0.1, 0.15) is 0 Å². The topological polar surface area (TPSA) is 63.9 Å². The summed E-state index contributed by atoms with van der Waals surface area (Å²) in [6, 6.07) is 0. The molecule has 0 aromatic rings.